The zero-order valence-electron chi connectivity index (χ0n) is 14.3. The second-order valence-corrected chi connectivity index (χ2v) is 5.91. The van der Waals surface area contributed by atoms with E-state index in [9.17, 15) is 9.59 Å². The fraction of sp³-hybridized carbons (Fsp3) is 0.200. The number of esters is 1. The second kappa shape index (κ2) is 7.21. The van der Waals surface area contributed by atoms with Crippen molar-refractivity contribution in [3.8, 4) is 0 Å². The van der Waals surface area contributed by atoms with Gasteiger partial charge >= 0.3 is 5.97 Å². The molecule has 1 heterocycles. The van der Waals surface area contributed by atoms with E-state index in [1.807, 2.05) is 61.5 Å². The summed E-state index contributed by atoms with van der Waals surface area (Å²) in [5, 5.41) is 3.11. The Balaban J connectivity index is 1.84. The molecule has 0 spiro atoms. The van der Waals surface area contributed by atoms with Gasteiger partial charge in [-0.1, -0.05) is 48.0 Å². The van der Waals surface area contributed by atoms with Crippen molar-refractivity contribution in [1.82, 2.24) is 5.32 Å². The lowest BCUT2D eigenvalue weighted by Gasteiger charge is -2.17. The molecule has 0 saturated carbocycles. The molecule has 2 aromatic rings. The lowest BCUT2D eigenvalue weighted by atomic mass is 10.2. The van der Waals surface area contributed by atoms with E-state index in [4.69, 9.17) is 4.74 Å². The van der Waals surface area contributed by atoms with Crippen molar-refractivity contribution < 1.29 is 14.3 Å². The number of hydrogen-bond acceptors (Lipinski definition) is 4. The number of aryl methyl sites for hydroxylation is 1. The van der Waals surface area contributed by atoms with Crippen LogP contribution in [0.15, 0.2) is 65.9 Å². The van der Waals surface area contributed by atoms with Crippen molar-refractivity contribution in [3.63, 3.8) is 0 Å². The number of ether oxygens (including phenoxy) is 1. The molecule has 25 heavy (non-hydrogen) atoms. The number of hydrogen-bond donors (Lipinski definition) is 1. The number of rotatable bonds is 5. The number of amides is 1. The molecule has 0 radical (unpaired) electrons. The minimum atomic E-state index is -0.487. The van der Waals surface area contributed by atoms with E-state index in [2.05, 4.69) is 5.32 Å². The molecule has 0 unspecified atom stereocenters. The maximum absolute atomic E-state index is 12.8. The van der Waals surface area contributed by atoms with Gasteiger partial charge in [0.2, 0.25) is 0 Å². The summed E-state index contributed by atoms with van der Waals surface area (Å²) in [5.41, 5.74) is 3.55. The van der Waals surface area contributed by atoms with E-state index in [1.54, 1.807) is 4.90 Å². The fourth-order valence-corrected chi connectivity index (χ4v) is 2.76. The average molecular weight is 336 g/mol. The quantitative estimate of drug-likeness (QED) is 0.853. The number of benzene rings is 2. The molecule has 0 aliphatic carbocycles. The van der Waals surface area contributed by atoms with Crippen LogP contribution in [0.25, 0.3) is 0 Å². The Kier molecular flexibility index (Phi) is 4.84. The minimum Gasteiger partial charge on any atom is -0.466 e. The number of carbonyl (C=O) groups is 2. The SMILES string of the molecule is COC(=O)C1=C(NCc2ccccc2)C(=O)N(c2ccc(C)cc2)C1. The van der Waals surface area contributed by atoms with E-state index >= 15 is 0 Å². The molecule has 1 aliphatic heterocycles. The highest BCUT2D eigenvalue weighted by Crippen LogP contribution is 2.26. The lowest BCUT2D eigenvalue weighted by molar-refractivity contribution is -0.136. The smallest absolute Gasteiger partial charge is 0.337 e. The third-order valence-corrected chi connectivity index (χ3v) is 4.17. The Morgan fingerprint density at radius 3 is 2.44 bits per heavy atom. The van der Waals surface area contributed by atoms with Crippen LogP contribution in [0.1, 0.15) is 11.1 Å². The Bertz CT molecular complexity index is 811. The Hall–Kier alpha value is -3.08. The van der Waals surface area contributed by atoms with Crippen LogP contribution in [-0.2, 0) is 20.9 Å². The Morgan fingerprint density at radius 1 is 1.12 bits per heavy atom. The normalized spacial score (nSPS) is 14.0. The molecule has 0 fully saturated rings. The van der Waals surface area contributed by atoms with Crippen LogP contribution >= 0.6 is 0 Å². The van der Waals surface area contributed by atoms with E-state index in [0.717, 1.165) is 16.8 Å². The first-order valence-electron chi connectivity index (χ1n) is 8.08. The predicted molar refractivity (Wildman–Crippen MR) is 95.9 cm³/mol. The average Bonchev–Trinajstić information content (AvgIpc) is 2.97. The highest BCUT2D eigenvalue weighted by atomic mass is 16.5. The summed E-state index contributed by atoms with van der Waals surface area (Å²) in [4.78, 5) is 26.5. The number of carbonyl (C=O) groups excluding carboxylic acids is 2. The monoisotopic (exact) mass is 336 g/mol. The highest BCUT2D eigenvalue weighted by Gasteiger charge is 2.35. The summed E-state index contributed by atoms with van der Waals surface area (Å²) in [6.45, 7) is 2.65. The Morgan fingerprint density at radius 2 is 1.80 bits per heavy atom. The number of nitrogens with one attached hydrogen (secondary N) is 1. The summed E-state index contributed by atoms with van der Waals surface area (Å²) in [7, 11) is 1.32. The van der Waals surface area contributed by atoms with E-state index < -0.39 is 5.97 Å². The van der Waals surface area contributed by atoms with Gasteiger partial charge in [0, 0.05) is 12.2 Å². The first-order valence-corrected chi connectivity index (χ1v) is 8.08. The third kappa shape index (κ3) is 3.55. The van der Waals surface area contributed by atoms with Crippen molar-refractivity contribution in [2.75, 3.05) is 18.6 Å². The van der Waals surface area contributed by atoms with Crippen LogP contribution in [0.3, 0.4) is 0 Å². The molecule has 1 N–H and O–H groups in total. The van der Waals surface area contributed by atoms with Crippen LogP contribution in [0.5, 0.6) is 0 Å². The standard InChI is InChI=1S/C20H20N2O3/c1-14-8-10-16(11-9-14)22-13-17(20(24)25-2)18(19(22)23)21-12-15-6-4-3-5-7-15/h3-11,21H,12-13H2,1-2H3. The van der Waals surface area contributed by atoms with Crippen molar-refractivity contribution in [3.05, 3.63) is 77.0 Å². The zero-order chi connectivity index (χ0) is 17.8. The maximum atomic E-state index is 12.8. The van der Waals surface area contributed by atoms with Gasteiger partial charge in [-0.05, 0) is 24.6 Å². The van der Waals surface area contributed by atoms with Gasteiger partial charge < -0.3 is 15.0 Å². The molecule has 5 heteroatoms. The van der Waals surface area contributed by atoms with Gasteiger partial charge in [-0.25, -0.2) is 4.79 Å². The van der Waals surface area contributed by atoms with Gasteiger partial charge in [0.25, 0.3) is 5.91 Å². The summed E-state index contributed by atoms with van der Waals surface area (Å²) in [6, 6.07) is 17.4. The molecule has 1 aliphatic rings. The molecule has 3 rings (SSSR count). The van der Waals surface area contributed by atoms with Gasteiger partial charge in [0.1, 0.15) is 5.70 Å². The second-order valence-electron chi connectivity index (χ2n) is 5.91. The molecule has 0 aromatic heterocycles. The van der Waals surface area contributed by atoms with Crippen LogP contribution in [0.2, 0.25) is 0 Å². The van der Waals surface area contributed by atoms with E-state index in [1.165, 1.54) is 7.11 Å². The van der Waals surface area contributed by atoms with Crippen molar-refractivity contribution in [2.45, 2.75) is 13.5 Å². The summed E-state index contributed by atoms with van der Waals surface area (Å²) >= 11 is 0. The van der Waals surface area contributed by atoms with Gasteiger partial charge in [-0.15, -0.1) is 0 Å². The molecule has 0 bridgehead atoms. The number of nitrogens with zero attached hydrogens (tertiary/aromatic N) is 1. The fourth-order valence-electron chi connectivity index (χ4n) is 2.76. The zero-order valence-corrected chi connectivity index (χ0v) is 14.3. The van der Waals surface area contributed by atoms with Gasteiger partial charge in [0.05, 0.1) is 19.2 Å². The minimum absolute atomic E-state index is 0.200. The van der Waals surface area contributed by atoms with Crippen molar-refractivity contribution >= 4 is 17.6 Å². The van der Waals surface area contributed by atoms with Crippen molar-refractivity contribution in [2.24, 2.45) is 0 Å². The van der Waals surface area contributed by atoms with Crippen LogP contribution in [0.4, 0.5) is 5.69 Å². The molecular weight excluding hydrogens is 316 g/mol. The summed E-state index contributed by atoms with van der Waals surface area (Å²) in [5.74, 6) is -0.710. The number of anilines is 1. The van der Waals surface area contributed by atoms with Gasteiger partial charge in [-0.2, -0.15) is 0 Å². The molecule has 0 atom stereocenters. The van der Waals surface area contributed by atoms with E-state index in [-0.39, 0.29) is 12.5 Å². The van der Waals surface area contributed by atoms with Gasteiger partial charge in [-0.3, -0.25) is 4.79 Å². The lowest BCUT2D eigenvalue weighted by Crippen LogP contribution is -2.30. The Labute approximate surface area is 146 Å². The molecule has 1 amide bonds. The molecule has 0 saturated heterocycles. The maximum Gasteiger partial charge on any atom is 0.337 e. The summed E-state index contributed by atoms with van der Waals surface area (Å²) < 4.78 is 4.85. The molecule has 128 valence electrons. The van der Waals surface area contributed by atoms with E-state index in [0.29, 0.717) is 17.8 Å². The molecule has 2 aromatic carbocycles. The molecular formula is C20H20N2O3. The first kappa shape index (κ1) is 16.8. The number of methoxy groups -OCH3 is 1. The van der Waals surface area contributed by atoms with Crippen LogP contribution in [0, 0.1) is 6.92 Å². The van der Waals surface area contributed by atoms with Gasteiger partial charge in [0.15, 0.2) is 0 Å². The van der Waals surface area contributed by atoms with Crippen molar-refractivity contribution in [1.29, 1.82) is 0 Å². The topological polar surface area (TPSA) is 58.6 Å². The third-order valence-electron chi connectivity index (χ3n) is 4.17. The molecule has 5 nitrogen and oxygen atoms in total. The largest absolute Gasteiger partial charge is 0.466 e. The summed E-state index contributed by atoms with van der Waals surface area (Å²) in [6.07, 6.45) is 0. The van der Waals surface area contributed by atoms with Crippen LogP contribution in [-0.4, -0.2) is 25.5 Å². The first-order chi connectivity index (χ1) is 12.1. The van der Waals surface area contributed by atoms with Crippen LogP contribution < -0.4 is 10.2 Å². The highest BCUT2D eigenvalue weighted by molar-refractivity contribution is 6.14. The predicted octanol–water partition coefficient (Wildman–Crippen LogP) is 2.56.